The summed E-state index contributed by atoms with van der Waals surface area (Å²) >= 11 is 0. The van der Waals surface area contributed by atoms with E-state index >= 15 is 0 Å². The minimum atomic E-state index is -0.0964. The topological polar surface area (TPSA) is 70.2 Å². The summed E-state index contributed by atoms with van der Waals surface area (Å²) in [5.41, 5.74) is 0.776. The molecule has 108 valence electrons. The molecular weight excluding hydrogens is 254 g/mol. The number of hydrogen-bond donors (Lipinski definition) is 3. The van der Waals surface area contributed by atoms with E-state index in [2.05, 4.69) is 16.0 Å². The van der Waals surface area contributed by atoms with Gasteiger partial charge >= 0.3 is 0 Å². The molecule has 0 aliphatic carbocycles. The van der Waals surface area contributed by atoms with Crippen LogP contribution in [-0.2, 0) is 9.59 Å². The minimum absolute atomic E-state index is 0.00258. The van der Waals surface area contributed by atoms with Crippen LogP contribution in [0.5, 0.6) is 0 Å². The third-order valence-corrected chi connectivity index (χ3v) is 3.34. The molecule has 1 heterocycles. The lowest BCUT2D eigenvalue weighted by molar-refractivity contribution is -0.123. The number of hydrogen-bond acceptors (Lipinski definition) is 3. The predicted octanol–water partition coefficient (Wildman–Crippen LogP) is 1.27. The summed E-state index contributed by atoms with van der Waals surface area (Å²) in [6.07, 6.45) is 3.37. The maximum atomic E-state index is 11.8. The number of benzene rings is 1. The van der Waals surface area contributed by atoms with E-state index in [0.717, 1.165) is 31.5 Å². The first-order chi connectivity index (χ1) is 9.75. The molecule has 0 bridgehead atoms. The predicted molar refractivity (Wildman–Crippen MR) is 78.3 cm³/mol. The van der Waals surface area contributed by atoms with E-state index in [4.69, 9.17) is 0 Å². The van der Waals surface area contributed by atoms with Crippen LogP contribution in [0, 0.1) is 0 Å². The normalized spacial score (nSPS) is 18.3. The fraction of sp³-hybridized carbons (Fsp3) is 0.467. The first-order valence-corrected chi connectivity index (χ1v) is 7.12. The van der Waals surface area contributed by atoms with Crippen molar-refractivity contribution in [3.8, 4) is 0 Å². The first kappa shape index (κ1) is 14.5. The number of carbonyl (C=O) groups excluding carboxylic acids is 2. The summed E-state index contributed by atoms with van der Waals surface area (Å²) in [6, 6.07) is 9.21. The maximum Gasteiger partial charge on any atom is 0.237 e. The van der Waals surface area contributed by atoms with Gasteiger partial charge in [0.2, 0.25) is 11.8 Å². The van der Waals surface area contributed by atoms with Crippen molar-refractivity contribution in [1.82, 2.24) is 10.6 Å². The molecule has 20 heavy (non-hydrogen) atoms. The van der Waals surface area contributed by atoms with Gasteiger partial charge in [-0.3, -0.25) is 9.59 Å². The Hall–Kier alpha value is -1.88. The van der Waals surface area contributed by atoms with E-state index in [1.54, 1.807) is 0 Å². The van der Waals surface area contributed by atoms with Crippen LogP contribution < -0.4 is 16.0 Å². The van der Waals surface area contributed by atoms with Crippen molar-refractivity contribution < 1.29 is 9.59 Å². The zero-order valence-corrected chi connectivity index (χ0v) is 11.5. The lowest BCUT2D eigenvalue weighted by Crippen LogP contribution is -2.47. The molecule has 2 rings (SSSR count). The van der Waals surface area contributed by atoms with E-state index < -0.39 is 0 Å². The highest BCUT2D eigenvalue weighted by Gasteiger charge is 2.19. The Morgan fingerprint density at radius 3 is 2.70 bits per heavy atom. The standard InChI is InChI=1S/C15H21N3O2/c19-14(18-12-6-2-1-3-7-12)9-11-17-15(20)13-8-4-5-10-16-13/h1-3,6-7,13,16H,4-5,8-11H2,(H,17,20)(H,18,19). The molecular formula is C15H21N3O2. The Balaban J connectivity index is 1.65. The lowest BCUT2D eigenvalue weighted by atomic mass is 10.0. The lowest BCUT2D eigenvalue weighted by Gasteiger charge is -2.22. The molecule has 1 aromatic carbocycles. The summed E-state index contributed by atoms with van der Waals surface area (Å²) < 4.78 is 0. The van der Waals surface area contributed by atoms with Gasteiger partial charge in [-0.1, -0.05) is 24.6 Å². The highest BCUT2D eigenvalue weighted by Crippen LogP contribution is 2.07. The first-order valence-electron chi connectivity index (χ1n) is 7.12. The summed E-state index contributed by atoms with van der Waals surface area (Å²) in [5, 5.41) is 8.78. The monoisotopic (exact) mass is 275 g/mol. The van der Waals surface area contributed by atoms with Gasteiger partial charge in [-0.25, -0.2) is 0 Å². The zero-order valence-electron chi connectivity index (χ0n) is 11.5. The molecule has 1 aliphatic rings. The highest BCUT2D eigenvalue weighted by molar-refractivity contribution is 5.91. The van der Waals surface area contributed by atoms with E-state index in [1.807, 2.05) is 30.3 Å². The second-order valence-corrected chi connectivity index (χ2v) is 4.96. The molecule has 1 atom stereocenters. The zero-order chi connectivity index (χ0) is 14.2. The minimum Gasteiger partial charge on any atom is -0.354 e. The fourth-order valence-corrected chi connectivity index (χ4v) is 2.24. The molecule has 0 saturated carbocycles. The average molecular weight is 275 g/mol. The second-order valence-electron chi connectivity index (χ2n) is 4.96. The van der Waals surface area contributed by atoms with Crippen molar-refractivity contribution >= 4 is 17.5 Å². The summed E-state index contributed by atoms with van der Waals surface area (Å²) in [4.78, 5) is 23.5. The number of amides is 2. The number of rotatable bonds is 5. The van der Waals surface area contributed by atoms with Gasteiger partial charge in [-0.15, -0.1) is 0 Å². The van der Waals surface area contributed by atoms with Crippen LogP contribution >= 0.6 is 0 Å². The van der Waals surface area contributed by atoms with Gasteiger partial charge in [0.25, 0.3) is 0 Å². The molecule has 0 spiro atoms. The Morgan fingerprint density at radius 1 is 1.20 bits per heavy atom. The van der Waals surface area contributed by atoms with E-state index in [-0.39, 0.29) is 24.3 Å². The maximum absolute atomic E-state index is 11.8. The number of nitrogens with one attached hydrogen (secondary N) is 3. The van der Waals surface area contributed by atoms with Gasteiger partial charge in [0.05, 0.1) is 6.04 Å². The van der Waals surface area contributed by atoms with Crippen LogP contribution in [0.25, 0.3) is 0 Å². The van der Waals surface area contributed by atoms with E-state index in [9.17, 15) is 9.59 Å². The molecule has 1 unspecified atom stereocenters. The molecule has 5 heteroatoms. The molecule has 0 aromatic heterocycles. The second kappa shape index (κ2) is 7.65. The van der Waals surface area contributed by atoms with Crippen molar-refractivity contribution in [1.29, 1.82) is 0 Å². The highest BCUT2D eigenvalue weighted by atomic mass is 16.2. The SMILES string of the molecule is O=C(CCNC(=O)C1CCCCN1)Nc1ccccc1. The van der Waals surface area contributed by atoms with Crippen molar-refractivity contribution in [2.24, 2.45) is 0 Å². The molecule has 1 aliphatic heterocycles. The fourth-order valence-electron chi connectivity index (χ4n) is 2.24. The van der Waals surface area contributed by atoms with Crippen LogP contribution in [0.1, 0.15) is 25.7 Å². The van der Waals surface area contributed by atoms with Gasteiger partial charge in [0.1, 0.15) is 0 Å². The van der Waals surface area contributed by atoms with Crippen molar-refractivity contribution in [3.63, 3.8) is 0 Å². The molecule has 1 saturated heterocycles. The van der Waals surface area contributed by atoms with Gasteiger partial charge < -0.3 is 16.0 Å². The van der Waals surface area contributed by atoms with Crippen LogP contribution in [0.3, 0.4) is 0 Å². The molecule has 1 aromatic rings. The third-order valence-electron chi connectivity index (χ3n) is 3.34. The smallest absolute Gasteiger partial charge is 0.237 e. The average Bonchev–Trinajstić information content (AvgIpc) is 2.49. The molecule has 3 N–H and O–H groups in total. The van der Waals surface area contributed by atoms with Gasteiger partial charge in [0, 0.05) is 18.7 Å². The molecule has 5 nitrogen and oxygen atoms in total. The van der Waals surface area contributed by atoms with Crippen LogP contribution in [0.15, 0.2) is 30.3 Å². The quantitative estimate of drug-likeness (QED) is 0.758. The molecule has 0 radical (unpaired) electrons. The summed E-state index contributed by atoms with van der Waals surface area (Å²) in [6.45, 7) is 1.27. The van der Waals surface area contributed by atoms with Crippen molar-refractivity contribution in [2.75, 3.05) is 18.4 Å². The number of para-hydroxylation sites is 1. The van der Waals surface area contributed by atoms with Gasteiger partial charge in [-0.2, -0.15) is 0 Å². The number of anilines is 1. The summed E-state index contributed by atoms with van der Waals surface area (Å²) in [7, 11) is 0. The van der Waals surface area contributed by atoms with Gasteiger partial charge in [-0.05, 0) is 31.5 Å². The van der Waals surface area contributed by atoms with E-state index in [1.165, 1.54) is 0 Å². The number of piperidine rings is 1. The molecule has 1 fully saturated rings. The van der Waals surface area contributed by atoms with Gasteiger partial charge in [0.15, 0.2) is 0 Å². The molecule has 2 amide bonds. The largest absolute Gasteiger partial charge is 0.354 e. The summed E-state index contributed by atoms with van der Waals surface area (Å²) in [5.74, 6) is -0.0923. The Morgan fingerprint density at radius 2 is 2.00 bits per heavy atom. The van der Waals surface area contributed by atoms with Crippen molar-refractivity contribution in [2.45, 2.75) is 31.7 Å². The van der Waals surface area contributed by atoms with Crippen LogP contribution in [0.4, 0.5) is 5.69 Å². The van der Waals surface area contributed by atoms with E-state index in [0.29, 0.717) is 6.54 Å². The van der Waals surface area contributed by atoms with Crippen LogP contribution in [0.2, 0.25) is 0 Å². The Bertz CT molecular complexity index is 442. The van der Waals surface area contributed by atoms with Crippen LogP contribution in [-0.4, -0.2) is 30.9 Å². The Kier molecular flexibility index (Phi) is 5.55. The van der Waals surface area contributed by atoms with Crippen molar-refractivity contribution in [3.05, 3.63) is 30.3 Å². The third kappa shape index (κ3) is 4.66. The Labute approximate surface area is 119 Å². The number of carbonyl (C=O) groups is 2.